The fourth-order valence-electron chi connectivity index (χ4n) is 2.23. The van der Waals surface area contributed by atoms with E-state index in [1.165, 1.54) is 23.6 Å². The van der Waals surface area contributed by atoms with Crippen molar-refractivity contribution in [1.29, 1.82) is 0 Å². The monoisotopic (exact) mass is 377 g/mol. The number of benzene rings is 1. The van der Waals surface area contributed by atoms with Gasteiger partial charge >= 0.3 is 10.2 Å². The minimum Gasteiger partial charge on any atom is -0.497 e. The van der Waals surface area contributed by atoms with Crippen LogP contribution in [-0.2, 0) is 10.2 Å². The first-order valence-electron chi connectivity index (χ1n) is 7.97. The summed E-state index contributed by atoms with van der Waals surface area (Å²) in [4.78, 5) is 16.1. The second-order valence-electron chi connectivity index (χ2n) is 5.84. The lowest BCUT2D eigenvalue weighted by molar-refractivity contribution is 0.0974. The number of ether oxygens (including phenoxy) is 2. The quantitative estimate of drug-likeness (QED) is 0.792. The number of carbonyl (C=O) groups is 1. The molecule has 1 heterocycles. The Kier molecular flexibility index (Phi) is 5.10. The first-order valence-corrected chi connectivity index (χ1v) is 9.41. The zero-order valence-corrected chi connectivity index (χ0v) is 15.2. The van der Waals surface area contributed by atoms with Crippen LogP contribution in [0.2, 0.25) is 0 Å². The van der Waals surface area contributed by atoms with Gasteiger partial charge in [0.25, 0.3) is 5.91 Å². The summed E-state index contributed by atoms with van der Waals surface area (Å²) in [5, 5.41) is 0. The molecule has 0 bridgehead atoms. The van der Waals surface area contributed by atoms with E-state index in [1.54, 1.807) is 37.4 Å². The van der Waals surface area contributed by atoms with Crippen LogP contribution in [0.1, 0.15) is 23.3 Å². The van der Waals surface area contributed by atoms with Gasteiger partial charge in [-0.15, -0.1) is 0 Å². The highest BCUT2D eigenvalue weighted by Crippen LogP contribution is 2.27. The molecule has 0 spiro atoms. The van der Waals surface area contributed by atoms with Gasteiger partial charge in [0.2, 0.25) is 0 Å². The lowest BCUT2D eigenvalue weighted by Crippen LogP contribution is -2.42. The Morgan fingerprint density at radius 2 is 1.73 bits per heavy atom. The molecular formula is C17H19N3O5S. The van der Waals surface area contributed by atoms with Gasteiger partial charge in [0.05, 0.1) is 13.3 Å². The highest BCUT2D eigenvalue weighted by Gasteiger charge is 2.35. The molecule has 0 radical (unpaired) electrons. The molecule has 1 fully saturated rings. The van der Waals surface area contributed by atoms with E-state index in [2.05, 4.69) is 4.98 Å². The Balaban J connectivity index is 1.63. The summed E-state index contributed by atoms with van der Waals surface area (Å²) in [6, 6.07) is 9.90. The van der Waals surface area contributed by atoms with Crippen LogP contribution in [-0.4, -0.2) is 43.8 Å². The Labute approximate surface area is 151 Å². The minimum absolute atomic E-state index is 0.0140. The standard InChI is InChI=1S/C17H19N3O5S/c1-20(12-3-4-12)26(22,23)19-17(21)16-10-9-15(11-18-16)25-14-7-5-13(24-2)6-8-14/h5-12H,3-4H2,1-2H3,(H,19,21). The summed E-state index contributed by atoms with van der Waals surface area (Å²) < 4.78 is 38.1. The van der Waals surface area contributed by atoms with E-state index in [0.29, 0.717) is 17.2 Å². The molecule has 2 aromatic rings. The predicted octanol–water partition coefficient (Wildman–Crippen LogP) is 1.95. The van der Waals surface area contributed by atoms with E-state index in [4.69, 9.17) is 9.47 Å². The summed E-state index contributed by atoms with van der Waals surface area (Å²) >= 11 is 0. The molecule has 0 saturated heterocycles. The van der Waals surface area contributed by atoms with Crippen molar-refractivity contribution in [1.82, 2.24) is 14.0 Å². The fraction of sp³-hybridized carbons (Fsp3) is 0.294. The summed E-state index contributed by atoms with van der Waals surface area (Å²) in [5.74, 6) is 0.927. The van der Waals surface area contributed by atoms with Gasteiger partial charge < -0.3 is 9.47 Å². The Morgan fingerprint density at radius 3 is 2.27 bits per heavy atom. The number of hydrogen-bond donors (Lipinski definition) is 1. The van der Waals surface area contributed by atoms with E-state index in [9.17, 15) is 13.2 Å². The number of methoxy groups -OCH3 is 1. The van der Waals surface area contributed by atoms with Gasteiger partial charge in [0.1, 0.15) is 22.9 Å². The SMILES string of the molecule is COc1ccc(Oc2ccc(C(=O)NS(=O)(=O)N(C)C3CC3)nc2)cc1. The Hall–Kier alpha value is -2.65. The minimum atomic E-state index is -3.86. The maximum atomic E-state index is 12.1. The van der Waals surface area contributed by atoms with E-state index >= 15 is 0 Å². The number of nitrogens with one attached hydrogen (secondary N) is 1. The number of carbonyl (C=O) groups excluding carboxylic acids is 1. The van der Waals surface area contributed by atoms with Gasteiger partial charge in [-0.1, -0.05) is 0 Å². The van der Waals surface area contributed by atoms with Crippen LogP contribution in [0.4, 0.5) is 0 Å². The van der Waals surface area contributed by atoms with E-state index in [1.807, 2.05) is 4.72 Å². The molecule has 1 aromatic carbocycles. The first kappa shape index (κ1) is 18.2. The molecule has 8 nitrogen and oxygen atoms in total. The molecule has 1 aliphatic carbocycles. The molecule has 0 aliphatic heterocycles. The van der Waals surface area contributed by atoms with Crippen LogP contribution < -0.4 is 14.2 Å². The largest absolute Gasteiger partial charge is 0.497 e. The fourth-order valence-corrected chi connectivity index (χ4v) is 3.32. The molecule has 1 aliphatic rings. The van der Waals surface area contributed by atoms with Crippen molar-refractivity contribution in [2.45, 2.75) is 18.9 Å². The third-order valence-electron chi connectivity index (χ3n) is 3.93. The number of rotatable bonds is 7. The number of pyridine rings is 1. The van der Waals surface area contributed by atoms with Gasteiger partial charge in [0.15, 0.2) is 0 Å². The smallest absolute Gasteiger partial charge is 0.304 e. The van der Waals surface area contributed by atoms with Crippen LogP contribution in [0.25, 0.3) is 0 Å². The molecule has 26 heavy (non-hydrogen) atoms. The Bertz CT molecular complexity index is 878. The van der Waals surface area contributed by atoms with Crippen molar-refractivity contribution in [3.63, 3.8) is 0 Å². The van der Waals surface area contributed by atoms with Crippen LogP contribution >= 0.6 is 0 Å². The normalized spacial score (nSPS) is 14.1. The predicted molar refractivity (Wildman–Crippen MR) is 94.5 cm³/mol. The van der Waals surface area contributed by atoms with Crippen molar-refractivity contribution in [3.05, 3.63) is 48.3 Å². The zero-order chi connectivity index (χ0) is 18.7. The van der Waals surface area contributed by atoms with Crippen LogP contribution in [0.5, 0.6) is 17.2 Å². The molecule has 1 N–H and O–H groups in total. The second kappa shape index (κ2) is 7.30. The van der Waals surface area contributed by atoms with Crippen molar-refractivity contribution in [2.75, 3.05) is 14.2 Å². The molecule has 1 aromatic heterocycles. The van der Waals surface area contributed by atoms with E-state index in [0.717, 1.165) is 12.8 Å². The van der Waals surface area contributed by atoms with Crippen molar-refractivity contribution in [2.24, 2.45) is 0 Å². The van der Waals surface area contributed by atoms with Gasteiger partial charge in [-0.05, 0) is 49.2 Å². The van der Waals surface area contributed by atoms with Gasteiger partial charge in [-0.2, -0.15) is 12.7 Å². The number of nitrogens with zero attached hydrogens (tertiary/aromatic N) is 2. The maximum Gasteiger partial charge on any atom is 0.304 e. The van der Waals surface area contributed by atoms with Crippen molar-refractivity contribution in [3.8, 4) is 17.2 Å². The second-order valence-corrected chi connectivity index (χ2v) is 7.57. The van der Waals surface area contributed by atoms with Crippen molar-refractivity contribution < 1.29 is 22.7 Å². The number of aromatic nitrogens is 1. The lowest BCUT2D eigenvalue weighted by atomic mass is 10.3. The third-order valence-corrected chi connectivity index (χ3v) is 5.43. The van der Waals surface area contributed by atoms with Gasteiger partial charge in [0, 0.05) is 13.1 Å². The summed E-state index contributed by atoms with van der Waals surface area (Å²) in [7, 11) is -0.833. The Morgan fingerprint density at radius 1 is 1.12 bits per heavy atom. The van der Waals surface area contributed by atoms with Gasteiger partial charge in [-0.3, -0.25) is 4.79 Å². The molecule has 1 saturated carbocycles. The van der Waals surface area contributed by atoms with Crippen molar-refractivity contribution >= 4 is 16.1 Å². The molecule has 9 heteroatoms. The van der Waals surface area contributed by atoms with Crippen LogP contribution in [0.3, 0.4) is 0 Å². The summed E-state index contributed by atoms with van der Waals surface area (Å²) in [6.45, 7) is 0. The molecule has 0 unspecified atom stereocenters. The lowest BCUT2D eigenvalue weighted by Gasteiger charge is -2.16. The van der Waals surface area contributed by atoms with E-state index in [-0.39, 0.29) is 11.7 Å². The highest BCUT2D eigenvalue weighted by molar-refractivity contribution is 7.87. The molecule has 0 atom stereocenters. The average molecular weight is 377 g/mol. The molecular weight excluding hydrogens is 358 g/mol. The number of hydrogen-bond acceptors (Lipinski definition) is 6. The van der Waals surface area contributed by atoms with Crippen LogP contribution in [0.15, 0.2) is 42.6 Å². The zero-order valence-electron chi connectivity index (χ0n) is 14.4. The first-order chi connectivity index (χ1) is 12.4. The molecule has 3 rings (SSSR count). The summed E-state index contributed by atoms with van der Waals surface area (Å²) in [5.41, 5.74) is -0.0140. The van der Waals surface area contributed by atoms with Crippen LogP contribution in [0, 0.1) is 0 Å². The molecule has 138 valence electrons. The number of amides is 1. The highest BCUT2D eigenvalue weighted by atomic mass is 32.2. The maximum absolute atomic E-state index is 12.1. The average Bonchev–Trinajstić information content (AvgIpc) is 3.47. The summed E-state index contributed by atoms with van der Waals surface area (Å²) in [6.07, 6.45) is 2.97. The van der Waals surface area contributed by atoms with E-state index < -0.39 is 16.1 Å². The third kappa shape index (κ3) is 4.30. The topological polar surface area (TPSA) is 97.8 Å². The van der Waals surface area contributed by atoms with Gasteiger partial charge in [-0.25, -0.2) is 9.71 Å². The molecule has 1 amide bonds.